The van der Waals surface area contributed by atoms with E-state index in [2.05, 4.69) is 11.1 Å². The topological polar surface area (TPSA) is 76.2 Å². The lowest BCUT2D eigenvalue weighted by molar-refractivity contribution is 0.107. The largest absolute Gasteiger partial charge is 0.441 e. The fourth-order valence-corrected chi connectivity index (χ4v) is 3.92. The van der Waals surface area contributed by atoms with Crippen LogP contribution in [0.25, 0.3) is 0 Å². The SMILES string of the molecule is CCC1CCN(c2ccc(N3C[C@H](COS(C)(=O)=O)OC3=O)cc2F)CC1. The third kappa shape index (κ3) is 4.90. The van der Waals surface area contributed by atoms with E-state index < -0.39 is 22.3 Å². The Labute approximate surface area is 159 Å². The highest BCUT2D eigenvalue weighted by Gasteiger charge is 2.34. The second kappa shape index (κ2) is 8.02. The van der Waals surface area contributed by atoms with E-state index in [4.69, 9.17) is 4.74 Å². The van der Waals surface area contributed by atoms with Gasteiger partial charge in [-0.15, -0.1) is 0 Å². The van der Waals surface area contributed by atoms with Crippen molar-refractivity contribution in [2.45, 2.75) is 32.3 Å². The van der Waals surface area contributed by atoms with E-state index in [1.54, 1.807) is 12.1 Å². The summed E-state index contributed by atoms with van der Waals surface area (Å²) in [6.07, 6.45) is 2.82. The van der Waals surface area contributed by atoms with Crippen molar-refractivity contribution in [3.05, 3.63) is 24.0 Å². The van der Waals surface area contributed by atoms with Gasteiger partial charge in [0.05, 0.1) is 24.2 Å². The molecule has 0 spiro atoms. The fraction of sp³-hybridized carbons (Fsp3) is 0.611. The average molecular weight is 400 g/mol. The molecule has 2 fully saturated rings. The maximum Gasteiger partial charge on any atom is 0.414 e. The molecule has 3 rings (SSSR count). The molecular weight excluding hydrogens is 375 g/mol. The van der Waals surface area contributed by atoms with Gasteiger partial charge in [-0.2, -0.15) is 8.42 Å². The van der Waals surface area contributed by atoms with E-state index in [1.807, 2.05) is 4.90 Å². The van der Waals surface area contributed by atoms with Gasteiger partial charge < -0.3 is 9.64 Å². The predicted molar refractivity (Wildman–Crippen MR) is 100 cm³/mol. The Hall–Kier alpha value is -1.87. The molecule has 1 aromatic rings. The van der Waals surface area contributed by atoms with Gasteiger partial charge in [0.15, 0.2) is 0 Å². The lowest BCUT2D eigenvalue weighted by atomic mass is 9.94. The van der Waals surface area contributed by atoms with E-state index in [-0.39, 0.29) is 19.0 Å². The molecule has 0 aliphatic carbocycles. The monoisotopic (exact) mass is 400 g/mol. The van der Waals surface area contributed by atoms with Gasteiger partial charge in [0.25, 0.3) is 10.1 Å². The molecule has 0 radical (unpaired) electrons. The molecule has 27 heavy (non-hydrogen) atoms. The van der Waals surface area contributed by atoms with Crippen molar-refractivity contribution in [1.82, 2.24) is 0 Å². The second-order valence-corrected chi connectivity index (χ2v) is 8.72. The van der Waals surface area contributed by atoms with Crippen molar-refractivity contribution in [3.8, 4) is 0 Å². The van der Waals surface area contributed by atoms with Crippen LogP contribution in [0.5, 0.6) is 0 Å². The average Bonchev–Trinajstić information content (AvgIpc) is 3.00. The number of carbonyl (C=O) groups is 1. The first-order valence-corrected chi connectivity index (χ1v) is 11.0. The minimum Gasteiger partial charge on any atom is -0.441 e. The molecule has 0 bridgehead atoms. The van der Waals surface area contributed by atoms with Crippen molar-refractivity contribution >= 4 is 27.6 Å². The van der Waals surface area contributed by atoms with Crippen LogP contribution in [0.1, 0.15) is 26.2 Å². The highest BCUT2D eigenvalue weighted by Crippen LogP contribution is 2.31. The Kier molecular flexibility index (Phi) is 5.90. The highest BCUT2D eigenvalue weighted by atomic mass is 32.2. The molecule has 0 N–H and O–H groups in total. The van der Waals surface area contributed by atoms with E-state index >= 15 is 0 Å². The number of hydrogen-bond donors (Lipinski definition) is 0. The molecule has 2 aliphatic heterocycles. The van der Waals surface area contributed by atoms with Crippen molar-refractivity contribution in [2.75, 3.05) is 42.3 Å². The van der Waals surface area contributed by atoms with Gasteiger partial charge in [0, 0.05) is 13.1 Å². The molecule has 0 aromatic heterocycles. The summed E-state index contributed by atoms with van der Waals surface area (Å²) >= 11 is 0. The van der Waals surface area contributed by atoms with Gasteiger partial charge in [-0.05, 0) is 37.0 Å². The molecule has 1 amide bonds. The zero-order valence-corrected chi connectivity index (χ0v) is 16.4. The van der Waals surface area contributed by atoms with Crippen molar-refractivity contribution in [2.24, 2.45) is 5.92 Å². The van der Waals surface area contributed by atoms with Crippen LogP contribution in [-0.4, -0.2) is 53.1 Å². The smallest absolute Gasteiger partial charge is 0.414 e. The number of carbonyl (C=O) groups excluding carboxylic acids is 1. The number of rotatable bonds is 6. The number of benzene rings is 1. The van der Waals surface area contributed by atoms with E-state index in [0.29, 0.717) is 17.3 Å². The van der Waals surface area contributed by atoms with E-state index in [1.165, 1.54) is 11.0 Å². The molecule has 9 heteroatoms. The summed E-state index contributed by atoms with van der Waals surface area (Å²) in [5.74, 6) is 0.320. The van der Waals surface area contributed by atoms with Gasteiger partial charge in [-0.25, -0.2) is 9.18 Å². The number of anilines is 2. The number of halogens is 1. The first-order chi connectivity index (χ1) is 12.8. The summed E-state index contributed by atoms with van der Waals surface area (Å²) in [6, 6.07) is 4.69. The standard InChI is InChI=1S/C18H25FN2O5S/c1-3-13-6-8-20(9-7-13)17-5-4-14(10-16(17)19)21-11-15(26-18(21)22)12-25-27(2,23)24/h4-5,10,13,15H,3,6-9,11-12H2,1-2H3/t15-/m1/s1. The summed E-state index contributed by atoms with van der Waals surface area (Å²) in [7, 11) is -3.62. The Morgan fingerprint density at radius 3 is 2.59 bits per heavy atom. The Balaban J connectivity index is 1.66. The Morgan fingerprint density at radius 1 is 1.30 bits per heavy atom. The van der Waals surface area contributed by atoms with Crippen LogP contribution in [0.15, 0.2) is 18.2 Å². The fourth-order valence-electron chi connectivity index (χ4n) is 3.52. The summed E-state index contributed by atoms with van der Waals surface area (Å²) in [6.45, 7) is 3.68. The number of ether oxygens (including phenoxy) is 1. The van der Waals surface area contributed by atoms with Gasteiger partial charge >= 0.3 is 6.09 Å². The Bertz CT molecular complexity index is 793. The number of amides is 1. The maximum atomic E-state index is 14.7. The van der Waals surface area contributed by atoms with Gasteiger partial charge in [0.1, 0.15) is 18.5 Å². The normalized spacial score (nSPS) is 21.6. The Morgan fingerprint density at radius 2 is 2.00 bits per heavy atom. The van der Waals surface area contributed by atoms with Gasteiger partial charge in [-0.3, -0.25) is 9.08 Å². The molecule has 1 atom stereocenters. The maximum absolute atomic E-state index is 14.7. The summed E-state index contributed by atoms with van der Waals surface area (Å²) in [5, 5.41) is 0. The van der Waals surface area contributed by atoms with Crippen LogP contribution in [0, 0.1) is 11.7 Å². The summed E-state index contributed by atoms with van der Waals surface area (Å²) in [4.78, 5) is 15.4. The molecule has 2 saturated heterocycles. The molecule has 7 nitrogen and oxygen atoms in total. The number of piperidine rings is 1. The minimum absolute atomic E-state index is 0.106. The number of cyclic esters (lactones) is 1. The molecular formula is C18H25FN2O5S. The molecule has 2 aliphatic rings. The highest BCUT2D eigenvalue weighted by molar-refractivity contribution is 7.85. The van der Waals surface area contributed by atoms with Crippen LogP contribution in [0.4, 0.5) is 20.6 Å². The third-order valence-electron chi connectivity index (χ3n) is 5.12. The zero-order chi connectivity index (χ0) is 19.6. The van der Waals surface area contributed by atoms with E-state index in [0.717, 1.165) is 38.6 Å². The van der Waals surface area contributed by atoms with Gasteiger partial charge in [-0.1, -0.05) is 13.3 Å². The number of nitrogens with zero attached hydrogens (tertiary/aromatic N) is 2. The van der Waals surface area contributed by atoms with Crippen LogP contribution in [0.3, 0.4) is 0 Å². The summed E-state index contributed by atoms with van der Waals surface area (Å²) in [5.41, 5.74) is 0.921. The molecule has 0 saturated carbocycles. The van der Waals surface area contributed by atoms with Crippen molar-refractivity contribution in [1.29, 1.82) is 0 Å². The molecule has 0 unspecified atom stereocenters. The second-order valence-electron chi connectivity index (χ2n) is 7.08. The summed E-state index contributed by atoms with van der Waals surface area (Å²) < 4.78 is 46.6. The molecule has 1 aromatic carbocycles. The first-order valence-electron chi connectivity index (χ1n) is 9.14. The van der Waals surface area contributed by atoms with Crippen LogP contribution in [-0.2, 0) is 19.0 Å². The first kappa shape index (κ1) is 19.9. The lowest BCUT2D eigenvalue weighted by Gasteiger charge is -2.33. The van der Waals surface area contributed by atoms with Crippen LogP contribution < -0.4 is 9.80 Å². The van der Waals surface area contributed by atoms with Gasteiger partial charge in [0.2, 0.25) is 0 Å². The van der Waals surface area contributed by atoms with Crippen LogP contribution in [0.2, 0.25) is 0 Å². The molecule has 150 valence electrons. The van der Waals surface area contributed by atoms with Crippen molar-refractivity contribution in [3.63, 3.8) is 0 Å². The quantitative estimate of drug-likeness (QED) is 0.684. The zero-order valence-electron chi connectivity index (χ0n) is 15.6. The van der Waals surface area contributed by atoms with Crippen molar-refractivity contribution < 1.29 is 26.5 Å². The van der Waals surface area contributed by atoms with Crippen LogP contribution >= 0.6 is 0 Å². The minimum atomic E-state index is -3.62. The number of hydrogen-bond acceptors (Lipinski definition) is 6. The third-order valence-corrected chi connectivity index (χ3v) is 5.68. The van der Waals surface area contributed by atoms with E-state index in [9.17, 15) is 17.6 Å². The lowest BCUT2D eigenvalue weighted by Crippen LogP contribution is -2.34. The molecule has 2 heterocycles. The predicted octanol–water partition coefficient (Wildman–Crippen LogP) is 2.75.